The third-order valence-corrected chi connectivity index (χ3v) is 3.52. The van der Waals surface area contributed by atoms with Gasteiger partial charge in [-0.25, -0.2) is 0 Å². The molecule has 1 fully saturated rings. The minimum atomic E-state index is -0.195. The van der Waals surface area contributed by atoms with Crippen molar-refractivity contribution >= 4 is 11.4 Å². The van der Waals surface area contributed by atoms with Crippen LogP contribution in [0.4, 0.5) is 11.4 Å². The molecule has 94 valence electrons. The van der Waals surface area contributed by atoms with Crippen molar-refractivity contribution in [3.8, 4) is 0 Å². The predicted octanol–water partition coefficient (Wildman–Crippen LogP) is 2.39. The predicted molar refractivity (Wildman–Crippen MR) is 72.8 cm³/mol. The standard InChI is InChI=1S/C14H22N2O/c1-10-7-8-11(9-13(10)16(2)3)15-12-5-4-6-14(12)17/h7-9,12,14-15,17H,4-6H2,1-3H3/t12-,14-/m1/s1. The van der Waals surface area contributed by atoms with Gasteiger partial charge in [-0.3, -0.25) is 0 Å². The van der Waals surface area contributed by atoms with E-state index in [1.165, 1.54) is 11.3 Å². The van der Waals surface area contributed by atoms with E-state index in [1.807, 2.05) is 0 Å². The molecule has 0 bridgehead atoms. The van der Waals surface area contributed by atoms with Gasteiger partial charge in [0, 0.05) is 25.5 Å². The van der Waals surface area contributed by atoms with E-state index in [-0.39, 0.29) is 12.1 Å². The van der Waals surface area contributed by atoms with E-state index in [4.69, 9.17) is 0 Å². The van der Waals surface area contributed by atoms with Gasteiger partial charge in [-0.05, 0) is 43.9 Å². The quantitative estimate of drug-likeness (QED) is 0.843. The Hall–Kier alpha value is -1.22. The van der Waals surface area contributed by atoms with Crippen LogP contribution in [0.25, 0.3) is 0 Å². The molecule has 1 aliphatic carbocycles. The van der Waals surface area contributed by atoms with E-state index in [2.05, 4.69) is 49.4 Å². The fourth-order valence-corrected chi connectivity index (χ4v) is 2.50. The first-order valence-corrected chi connectivity index (χ1v) is 6.30. The molecular formula is C14H22N2O. The molecule has 0 saturated heterocycles. The summed E-state index contributed by atoms with van der Waals surface area (Å²) in [7, 11) is 4.10. The number of nitrogens with one attached hydrogen (secondary N) is 1. The Morgan fingerprint density at radius 1 is 1.29 bits per heavy atom. The number of anilines is 2. The number of aryl methyl sites for hydroxylation is 1. The van der Waals surface area contributed by atoms with Crippen LogP contribution in [0.3, 0.4) is 0 Å². The Kier molecular flexibility index (Phi) is 3.57. The third-order valence-electron chi connectivity index (χ3n) is 3.52. The van der Waals surface area contributed by atoms with Crippen molar-refractivity contribution in [3.05, 3.63) is 23.8 Å². The van der Waals surface area contributed by atoms with Gasteiger partial charge < -0.3 is 15.3 Å². The second-order valence-electron chi connectivity index (χ2n) is 5.14. The lowest BCUT2D eigenvalue weighted by Gasteiger charge is -2.21. The van der Waals surface area contributed by atoms with Gasteiger partial charge >= 0.3 is 0 Å². The first-order valence-electron chi connectivity index (χ1n) is 6.30. The normalized spacial score (nSPS) is 23.8. The van der Waals surface area contributed by atoms with Crippen LogP contribution in [0.2, 0.25) is 0 Å². The Balaban J connectivity index is 2.13. The van der Waals surface area contributed by atoms with Gasteiger partial charge in [0.2, 0.25) is 0 Å². The molecule has 3 nitrogen and oxygen atoms in total. The summed E-state index contributed by atoms with van der Waals surface area (Å²) in [6, 6.07) is 6.58. The van der Waals surface area contributed by atoms with Gasteiger partial charge in [0.25, 0.3) is 0 Å². The average Bonchev–Trinajstić information content (AvgIpc) is 2.67. The number of nitrogens with zero attached hydrogens (tertiary/aromatic N) is 1. The maximum Gasteiger partial charge on any atom is 0.0741 e. The summed E-state index contributed by atoms with van der Waals surface area (Å²) < 4.78 is 0. The Labute approximate surface area is 103 Å². The van der Waals surface area contributed by atoms with Crippen LogP contribution in [0.15, 0.2) is 18.2 Å². The molecule has 0 aromatic heterocycles. The average molecular weight is 234 g/mol. The van der Waals surface area contributed by atoms with E-state index in [1.54, 1.807) is 0 Å². The van der Waals surface area contributed by atoms with Crippen LogP contribution in [0.5, 0.6) is 0 Å². The van der Waals surface area contributed by atoms with Gasteiger partial charge in [-0.15, -0.1) is 0 Å². The molecule has 2 rings (SSSR count). The summed E-state index contributed by atoms with van der Waals surface area (Å²) >= 11 is 0. The van der Waals surface area contributed by atoms with Crippen molar-refractivity contribution in [3.63, 3.8) is 0 Å². The molecule has 0 spiro atoms. The number of hydrogen-bond acceptors (Lipinski definition) is 3. The van der Waals surface area contributed by atoms with Crippen LogP contribution >= 0.6 is 0 Å². The molecule has 1 aromatic rings. The minimum Gasteiger partial charge on any atom is -0.391 e. The highest BCUT2D eigenvalue weighted by molar-refractivity contribution is 5.62. The molecule has 0 heterocycles. The first kappa shape index (κ1) is 12.2. The molecule has 2 N–H and O–H groups in total. The Morgan fingerprint density at radius 2 is 2.06 bits per heavy atom. The van der Waals surface area contributed by atoms with Crippen molar-refractivity contribution < 1.29 is 5.11 Å². The second kappa shape index (κ2) is 4.96. The topological polar surface area (TPSA) is 35.5 Å². The largest absolute Gasteiger partial charge is 0.391 e. The van der Waals surface area contributed by atoms with E-state index in [0.29, 0.717) is 0 Å². The molecule has 1 aromatic carbocycles. The van der Waals surface area contributed by atoms with Crippen molar-refractivity contribution in [2.24, 2.45) is 0 Å². The number of rotatable bonds is 3. The van der Waals surface area contributed by atoms with Gasteiger partial charge in [0.05, 0.1) is 12.1 Å². The SMILES string of the molecule is Cc1ccc(N[C@@H]2CCC[C@H]2O)cc1N(C)C. The monoisotopic (exact) mass is 234 g/mol. The van der Waals surface area contributed by atoms with Crippen molar-refractivity contribution in [2.75, 3.05) is 24.3 Å². The molecule has 3 heteroatoms. The van der Waals surface area contributed by atoms with Crippen molar-refractivity contribution in [1.29, 1.82) is 0 Å². The summed E-state index contributed by atoms with van der Waals surface area (Å²) in [6.45, 7) is 2.11. The minimum absolute atomic E-state index is 0.195. The highest BCUT2D eigenvalue weighted by Crippen LogP contribution is 2.26. The number of aliphatic hydroxyl groups excluding tert-OH is 1. The third kappa shape index (κ3) is 2.72. The summed E-state index contributed by atoms with van der Waals surface area (Å²) in [4.78, 5) is 2.12. The number of hydrogen-bond donors (Lipinski definition) is 2. The van der Waals surface area contributed by atoms with Crippen molar-refractivity contribution in [2.45, 2.75) is 38.3 Å². The fraction of sp³-hybridized carbons (Fsp3) is 0.571. The molecule has 2 atom stereocenters. The van der Waals surface area contributed by atoms with E-state index in [0.717, 1.165) is 24.9 Å². The smallest absolute Gasteiger partial charge is 0.0741 e. The molecule has 17 heavy (non-hydrogen) atoms. The zero-order valence-electron chi connectivity index (χ0n) is 10.9. The van der Waals surface area contributed by atoms with E-state index < -0.39 is 0 Å². The maximum absolute atomic E-state index is 9.81. The summed E-state index contributed by atoms with van der Waals surface area (Å²) in [5, 5.41) is 13.2. The maximum atomic E-state index is 9.81. The van der Waals surface area contributed by atoms with E-state index >= 15 is 0 Å². The van der Waals surface area contributed by atoms with Crippen LogP contribution in [0, 0.1) is 6.92 Å². The lowest BCUT2D eigenvalue weighted by Crippen LogP contribution is -2.28. The van der Waals surface area contributed by atoms with Gasteiger partial charge in [0.15, 0.2) is 0 Å². The Morgan fingerprint density at radius 3 is 2.65 bits per heavy atom. The summed E-state index contributed by atoms with van der Waals surface area (Å²) in [5.74, 6) is 0. The molecular weight excluding hydrogens is 212 g/mol. The molecule has 0 amide bonds. The molecule has 1 saturated carbocycles. The van der Waals surface area contributed by atoms with Gasteiger partial charge in [-0.1, -0.05) is 6.07 Å². The van der Waals surface area contributed by atoms with Crippen LogP contribution < -0.4 is 10.2 Å². The zero-order chi connectivity index (χ0) is 12.4. The lowest BCUT2D eigenvalue weighted by atomic mass is 10.1. The molecule has 0 aliphatic heterocycles. The van der Waals surface area contributed by atoms with Crippen molar-refractivity contribution in [1.82, 2.24) is 0 Å². The van der Waals surface area contributed by atoms with Crippen LogP contribution in [-0.4, -0.2) is 31.3 Å². The molecule has 1 aliphatic rings. The molecule has 0 radical (unpaired) electrons. The number of benzene rings is 1. The highest BCUT2D eigenvalue weighted by Gasteiger charge is 2.24. The molecule has 0 unspecified atom stereocenters. The zero-order valence-corrected chi connectivity index (χ0v) is 10.9. The second-order valence-corrected chi connectivity index (χ2v) is 5.14. The summed E-state index contributed by atoms with van der Waals surface area (Å²) in [5.41, 5.74) is 3.60. The first-order chi connectivity index (χ1) is 8.08. The Bertz CT molecular complexity index is 390. The van der Waals surface area contributed by atoms with Gasteiger partial charge in [0.1, 0.15) is 0 Å². The van der Waals surface area contributed by atoms with Crippen LogP contribution in [0.1, 0.15) is 24.8 Å². The van der Waals surface area contributed by atoms with Gasteiger partial charge in [-0.2, -0.15) is 0 Å². The fourth-order valence-electron chi connectivity index (χ4n) is 2.50. The summed E-state index contributed by atoms with van der Waals surface area (Å²) in [6.07, 6.45) is 2.90. The number of aliphatic hydroxyl groups is 1. The highest BCUT2D eigenvalue weighted by atomic mass is 16.3. The van der Waals surface area contributed by atoms with Crippen LogP contribution in [-0.2, 0) is 0 Å². The lowest BCUT2D eigenvalue weighted by molar-refractivity contribution is 0.172. The van der Waals surface area contributed by atoms with E-state index in [9.17, 15) is 5.11 Å².